The van der Waals surface area contributed by atoms with Crippen LogP contribution >= 0.6 is 11.6 Å². The van der Waals surface area contributed by atoms with E-state index in [1.165, 1.54) is 4.68 Å². The highest BCUT2D eigenvalue weighted by Gasteiger charge is 2.35. The lowest BCUT2D eigenvalue weighted by Gasteiger charge is -2.15. The van der Waals surface area contributed by atoms with Gasteiger partial charge in [-0.2, -0.15) is 13.2 Å². The van der Waals surface area contributed by atoms with Gasteiger partial charge in [-0.15, -0.1) is 5.10 Å². The summed E-state index contributed by atoms with van der Waals surface area (Å²) in [5.41, 5.74) is -4.85. The van der Waals surface area contributed by atoms with Gasteiger partial charge >= 0.3 is 11.9 Å². The van der Waals surface area contributed by atoms with Gasteiger partial charge in [-0.05, 0) is 23.4 Å². The van der Waals surface area contributed by atoms with E-state index in [2.05, 4.69) is 15.5 Å². The predicted octanol–water partition coefficient (Wildman–Crippen LogP) is 1.93. The number of hydrogen-bond acceptors (Lipinski definition) is 6. The summed E-state index contributed by atoms with van der Waals surface area (Å²) in [7, 11) is 0.816. The lowest BCUT2D eigenvalue weighted by atomic mass is 10.2. The fraction of sp³-hybridized carbons (Fsp3) is 0.312. The summed E-state index contributed by atoms with van der Waals surface area (Å²) in [6.45, 7) is 2.06. The molecular formula is C16H13ClF4N6O3. The lowest BCUT2D eigenvalue weighted by Crippen LogP contribution is -2.41. The van der Waals surface area contributed by atoms with Gasteiger partial charge in [0.1, 0.15) is 23.9 Å². The van der Waals surface area contributed by atoms with Crippen molar-refractivity contribution in [2.45, 2.75) is 26.3 Å². The van der Waals surface area contributed by atoms with Crippen molar-refractivity contribution in [2.75, 3.05) is 0 Å². The molecular weight excluding hydrogens is 436 g/mol. The number of tetrazole rings is 1. The molecule has 1 aromatic carbocycles. The average Bonchev–Trinajstić information content (AvgIpc) is 3.12. The average molecular weight is 449 g/mol. The van der Waals surface area contributed by atoms with Gasteiger partial charge in [0.2, 0.25) is 0 Å². The monoisotopic (exact) mass is 448 g/mol. The molecule has 0 saturated heterocycles. The van der Waals surface area contributed by atoms with Crippen LogP contribution in [-0.2, 0) is 26.4 Å². The third kappa shape index (κ3) is 3.92. The highest BCUT2D eigenvalue weighted by atomic mass is 35.5. The van der Waals surface area contributed by atoms with Gasteiger partial charge in [-0.1, -0.05) is 11.6 Å². The van der Waals surface area contributed by atoms with Gasteiger partial charge in [0, 0.05) is 25.7 Å². The van der Waals surface area contributed by atoms with Crippen LogP contribution in [0.1, 0.15) is 18.4 Å². The Bertz CT molecular complexity index is 1220. The van der Waals surface area contributed by atoms with E-state index >= 15 is 0 Å². The van der Waals surface area contributed by atoms with Crippen LogP contribution in [-0.4, -0.2) is 29.3 Å². The van der Waals surface area contributed by atoms with E-state index in [0.717, 1.165) is 19.2 Å². The number of rotatable bonds is 5. The summed E-state index contributed by atoms with van der Waals surface area (Å²) in [6.07, 6.45) is -4.94. The summed E-state index contributed by atoms with van der Waals surface area (Å²) in [5, 5.41) is 10.7. The molecule has 160 valence electrons. The van der Waals surface area contributed by atoms with Crippen LogP contribution in [0.3, 0.4) is 0 Å². The maximum absolute atomic E-state index is 14.5. The molecule has 0 unspecified atom stereocenters. The minimum atomic E-state index is -4.94. The van der Waals surface area contributed by atoms with Gasteiger partial charge in [0.05, 0.1) is 10.7 Å². The number of benzene rings is 1. The first-order valence-electron chi connectivity index (χ1n) is 8.32. The predicted molar refractivity (Wildman–Crippen MR) is 95.1 cm³/mol. The van der Waals surface area contributed by atoms with Gasteiger partial charge < -0.3 is 4.74 Å². The number of hydrogen-bond donors (Lipinski definition) is 0. The minimum Gasteiger partial charge on any atom is -0.484 e. The first kappa shape index (κ1) is 21.5. The van der Waals surface area contributed by atoms with E-state index in [9.17, 15) is 27.2 Å². The van der Waals surface area contributed by atoms with Crippen LogP contribution in [0, 0.1) is 5.82 Å². The largest absolute Gasteiger partial charge is 0.484 e. The first-order valence-corrected chi connectivity index (χ1v) is 8.70. The molecule has 0 aliphatic rings. The topological polar surface area (TPSA) is 96.8 Å². The van der Waals surface area contributed by atoms with Crippen molar-refractivity contribution in [2.24, 2.45) is 7.05 Å². The molecule has 3 aromatic rings. The summed E-state index contributed by atoms with van der Waals surface area (Å²) in [4.78, 5) is 24.6. The van der Waals surface area contributed by atoms with E-state index in [1.807, 2.05) is 0 Å². The summed E-state index contributed by atoms with van der Waals surface area (Å²) in [6, 6.07) is 1.91. The zero-order valence-corrected chi connectivity index (χ0v) is 16.2. The Balaban J connectivity index is 2.07. The molecule has 0 aliphatic carbocycles. The minimum absolute atomic E-state index is 0.132. The Morgan fingerprint density at radius 2 is 1.90 bits per heavy atom. The molecule has 0 atom stereocenters. The maximum atomic E-state index is 14.5. The number of halogens is 5. The van der Waals surface area contributed by atoms with Crippen LogP contribution < -0.4 is 16.0 Å². The molecule has 14 heteroatoms. The van der Waals surface area contributed by atoms with Crippen molar-refractivity contribution in [3.8, 4) is 11.4 Å². The van der Waals surface area contributed by atoms with Gasteiger partial charge in [0.25, 0.3) is 5.56 Å². The zero-order valence-electron chi connectivity index (χ0n) is 15.4. The highest BCUT2D eigenvalue weighted by Crippen LogP contribution is 2.30. The fourth-order valence-corrected chi connectivity index (χ4v) is 2.84. The van der Waals surface area contributed by atoms with Crippen LogP contribution in [0.4, 0.5) is 17.6 Å². The Morgan fingerprint density at radius 3 is 2.53 bits per heavy atom. The SMILES string of the molecule is CCn1nnnc1COc1cc(-n2c(=O)cc(C(F)(F)F)n(C)c2=O)c(F)cc1Cl. The van der Waals surface area contributed by atoms with Gasteiger partial charge in [0.15, 0.2) is 5.82 Å². The van der Waals surface area contributed by atoms with Crippen molar-refractivity contribution < 1.29 is 22.3 Å². The molecule has 0 saturated carbocycles. The van der Waals surface area contributed by atoms with Gasteiger partial charge in [-0.25, -0.2) is 18.4 Å². The van der Waals surface area contributed by atoms with E-state index in [0.29, 0.717) is 12.4 Å². The number of nitrogens with zero attached hydrogens (tertiary/aromatic N) is 6. The van der Waals surface area contributed by atoms with E-state index in [-0.39, 0.29) is 32.6 Å². The smallest absolute Gasteiger partial charge is 0.431 e. The molecule has 2 aromatic heterocycles. The molecule has 0 aliphatic heterocycles. The summed E-state index contributed by atoms with van der Waals surface area (Å²) < 4.78 is 60.8. The van der Waals surface area contributed by atoms with Crippen LogP contribution in [0.5, 0.6) is 5.75 Å². The molecule has 3 rings (SSSR count). The van der Waals surface area contributed by atoms with Crippen molar-refractivity contribution >= 4 is 11.6 Å². The number of ether oxygens (including phenoxy) is 1. The second-order valence-corrected chi connectivity index (χ2v) is 6.38. The second kappa shape index (κ2) is 7.89. The van der Waals surface area contributed by atoms with Crippen LogP contribution in [0.25, 0.3) is 5.69 Å². The van der Waals surface area contributed by atoms with Gasteiger partial charge in [-0.3, -0.25) is 9.36 Å². The summed E-state index contributed by atoms with van der Waals surface area (Å²) >= 11 is 5.96. The first-order chi connectivity index (χ1) is 14.0. The van der Waals surface area contributed by atoms with E-state index in [1.54, 1.807) is 6.92 Å². The molecule has 9 nitrogen and oxygen atoms in total. The van der Waals surface area contributed by atoms with Crippen molar-refractivity contribution in [3.05, 3.63) is 61.4 Å². The highest BCUT2D eigenvalue weighted by molar-refractivity contribution is 6.32. The Labute approximate surface area is 170 Å². The van der Waals surface area contributed by atoms with E-state index < -0.39 is 34.6 Å². The number of aromatic nitrogens is 6. The quantitative estimate of drug-likeness (QED) is 0.553. The number of aryl methyl sites for hydroxylation is 1. The van der Waals surface area contributed by atoms with Crippen molar-refractivity contribution in [3.63, 3.8) is 0 Å². The van der Waals surface area contributed by atoms with Crippen LogP contribution in [0.2, 0.25) is 5.02 Å². The second-order valence-electron chi connectivity index (χ2n) is 5.98. The zero-order chi connectivity index (χ0) is 22.2. The molecule has 2 heterocycles. The third-order valence-corrected chi connectivity index (χ3v) is 4.41. The molecule has 0 N–H and O–H groups in total. The lowest BCUT2D eigenvalue weighted by molar-refractivity contribution is -0.144. The van der Waals surface area contributed by atoms with Crippen molar-refractivity contribution in [1.29, 1.82) is 0 Å². The van der Waals surface area contributed by atoms with Crippen LogP contribution in [0.15, 0.2) is 27.8 Å². The molecule has 0 spiro atoms. The molecule has 0 bridgehead atoms. The third-order valence-electron chi connectivity index (χ3n) is 4.12. The Kier molecular flexibility index (Phi) is 5.65. The molecule has 0 fully saturated rings. The molecule has 0 radical (unpaired) electrons. The Hall–Kier alpha value is -3.22. The van der Waals surface area contributed by atoms with E-state index in [4.69, 9.17) is 16.3 Å². The van der Waals surface area contributed by atoms with Crippen molar-refractivity contribution in [1.82, 2.24) is 29.3 Å². The molecule has 0 amide bonds. The standard InChI is InChI=1S/C16H13ClF4N6O3/c1-3-26-13(22-23-24-26)7-30-11-5-10(9(18)4-8(11)17)27-14(28)6-12(16(19,20)21)25(2)15(27)29/h4-6H,3,7H2,1-2H3. The fourth-order valence-electron chi connectivity index (χ4n) is 2.63. The maximum Gasteiger partial charge on any atom is 0.431 e. The number of alkyl halides is 3. The normalized spacial score (nSPS) is 11.7. The Morgan fingerprint density at radius 1 is 1.20 bits per heavy atom. The summed E-state index contributed by atoms with van der Waals surface area (Å²) in [5.74, 6) is -0.917. The molecule has 30 heavy (non-hydrogen) atoms.